The Morgan fingerprint density at radius 1 is 0.556 bits per heavy atom. The van der Waals surface area contributed by atoms with Crippen molar-refractivity contribution < 1.29 is 0 Å². The summed E-state index contributed by atoms with van der Waals surface area (Å²) in [6, 6.07) is 18.4. The van der Waals surface area contributed by atoms with Crippen molar-refractivity contribution in [2.24, 2.45) is 11.8 Å². The second-order valence-corrected chi connectivity index (χ2v) is 6.12. The lowest BCUT2D eigenvalue weighted by Gasteiger charge is -2.56. The van der Waals surface area contributed by atoms with Gasteiger partial charge in [-0.15, -0.1) is 0 Å². The third kappa shape index (κ3) is 0.913. The second-order valence-electron chi connectivity index (χ2n) is 6.12. The molecule has 0 nitrogen and oxygen atoms in total. The van der Waals surface area contributed by atoms with Crippen LogP contribution < -0.4 is 0 Å². The molecule has 1 saturated carbocycles. The predicted molar refractivity (Wildman–Crippen MR) is 72.8 cm³/mol. The van der Waals surface area contributed by atoms with Crippen LogP contribution in [0.1, 0.15) is 46.9 Å². The van der Waals surface area contributed by atoms with Crippen molar-refractivity contribution >= 4 is 0 Å². The highest BCUT2D eigenvalue weighted by molar-refractivity contribution is 5.57. The van der Waals surface area contributed by atoms with Gasteiger partial charge < -0.3 is 0 Å². The third-order valence-corrected chi connectivity index (χ3v) is 5.57. The Balaban J connectivity index is 1.87. The first kappa shape index (κ1) is 9.38. The molecule has 0 N–H and O–H groups in total. The summed E-state index contributed by atoms with van der Waals surface area (Å²) in [4.78, 5) is 0. The molecule has 88 valence electrons. The van der Waals surface area contributed by atoms with Crippen LogP contribution in [0.4, 0.5) is 0 Å². The summed E-state index contributed by atoms with van der Waals surface area (Å²) in [6.45, 7) is 0. The molecule has 0 radical (unpaired) electrons. The maximum atomic E-state index is 2.37. The van der Waals surface area contributed by atoms with Crippen LogP contribution >= 0.6 is 0 Å². The van der Waals surface area contributed by atoms with Crippen LogP contribution in [-0.4, -0.2) is 0 Å². The van der Waals surface area contributed by atoms with E-state index < -0.39 is 0 Å². The first-order chi connectivity index (χ1) is 8.95. The number of hydrogen-bond acceptors (Lipinski definition) is 0. The zero-order valence-corrected chi connectivity index (χ0v) is 10.3. The van der Waals surface area contributed by atoms with Crippen molar-refractivity contribution in [2.75, 3.05) is 0 Å². The summed E-state index contributed by atoms with van der Waals surface area (Å²) in [5.74, 6) is 3.25. The Kier molecular flexibility index (Phi) is 1.59. The van der Waals surface area contributed by atoms with Gasteiger partial charge in [0, 0.05) is 11.8 Å². The van der Waals surface area contributed by atoms with Gasteiger partial charge in [-0.3, -0.25) is 0 Å². The Morgan fingerprint density at radius 3 is 1.17 bits per heavy atom. The molecule has 4 aliphatic carbocycles. The van der Waals surface area contributed by atoms with E-state index in [-0.39, 0.29) is 0 Å². The Labute approximate surface area is 108 Å². The number of hydrogen-bond donors (Lipinski definition) is 0. The minimum atomic E-state index is 0.696. The highest BCUT2D eigenvalue weighted by Crippen LogP contribution is 2.64. The third-order valence-electron chi connectivity index (χ3n) is 5.57. The van der Waals surface area contributed by atoms with E-state index in [0.717, 1.165) is 11.8 Å². The van der Waals surface area contributed by atoms with Crippen LogP contribution in [0.15, 0.2) is 48.5 Å². The van der Waals surface area contributed by atoms with Crippen LogP contribution in [0, 0.1) is 11.8 Å². The molecular formula is C18H16. The normalized spacial score (nSPS) is 34.2. The maximum absolute atomic E-state index is 2.37. The van der Waals surface area contributed by atoms with Crippen LogP contribution in [0.25, 0.3) is 0 Å². The molecule has 0 heterocycles. The first-order valence-corrected chi connectivity index (χ1v) is 7.13. The lowest BCUT2D eigenvalue weighted by Crippen LogP contribution is -2.45. The molecule has 0 amide bonds. The SMILES string of the molecule is c1ccc2c(c1)C1c3ccccc3C2[C@@H]2CC[C@H]12. The minimum Gasteiger partial charge on any atom is -0.0620 e. The topological polar surface area (TPSA) is 0 Å². The zero-order valence-electron chi connectivity index (χ0n) is 10.3. The molecule has 0 aliphatic heterocycles. The summed E-state index contributed by atoms with van der Waals surface area (Å²) in [6.07, 6.45) is 2.88. The van der Waals surface area contributed by atoms with Gasteiger partial charge >= 0.3 is 0 Å². The maximum Gasteiger partial charge on any atom is 0.0126 e. The fourth-order valence-electron chi connectivity index (χ4n) is 4.79. The summed E-state index contributed by atoms with van der Waals surface area (Å²) >= 11 is 0. The number of benzene rings is 2. The quantitative estimate of drug-likeness (QED) is 0.635. The molecule has 2 bridgehead atoms. The molecule has 0 spiro atoms. The molecule has 2 aromatic carbocycles. The van der Waals surface area contributed by atoms with Crippen molar-refractivity contribution in [1.29, 1.82) is 0 Å². The van der Waals surface area contributed by atoms with Gasteiger partial charge in [-0.25, -0.2) is 0 Å². The van der Waals surface area contributed by atoms with Gasteiger partial charge in [-0.1, -0.05) is 48.5 Å². The molecule has 0 heteroatoms. The molecule has 2 aromatic rings. The van der Waals surface area contributed by atoms with Gasteiger partial charge in [0.15, 0.2) is 0 Å². The zero-order chi connectivity index (χ0) is 11.7. The Bertz CT molecular complexity index is 536. The van der Waals surface area contributed by atoms with Gasteiger partial charge in [0.25, 0.3) is 0 Å². The summed E-state index contributed by atoms with van der Waals surface area (Å²) in [5, 5.41) is 0. The molecule has 0 aromatic heterocycles. The summed E-state index contributed by atoms with van der Waals surface area (Å²) < 4.78 is 0. The predicted octanol–water partition coefficient (Wildman–Crippen LogP) is 4.30. The molecule has 1 fully saturated rings. The molecule has 0 unspecified atom stereocenters. The molecular weight excluding hydrogens is 216 g/mol. The highest BCUT2D eigenvalue weighted by Gasteiger charge is 2.53. The molecule has 18 heavy (non-hydrogen) atoms. The van der Waals surface area contributed by atoms with E-state index in [9.17, 15) is 0 Å². The van der Waals surface area contributed by atoms with Gasteiger partial charge in [-0.05, 0) is 46.9 Å². The summed E-state index contributed by atoms with van der Waals surface area (Å²) in [5.41, 5.74) is 6.51. The van der Waals surface area contributed by atoms with E-state index in [1.807, 2.05) is 0 Å². The minimum absolute atomic E-state index is 0.696. The van der Waals surface area contributed by atoms with E-state index in [4.69, 9.17) is 0 Å². The second kappa shape index (κ2) is 3.06. The smallest absolute Gasteiger partial charge is 0.0126 e. The van der Waals surface area contributed by atoms with Crippen molar-refractivity contribution in [3.63, 3.8) is 0 Å². The van der Waals surface area contributed by atoms with Crippen molar-refractivity contribution in [2.45, 2.75) is 24.7 Å². The molecule has 4 aliphatic rings. The average molecular weight is 232 g/mol. The van der Waals surface area contributed by atoms with Crippen LogP contribution in [0.5, 0.6) is 0 Å². The number of rotatable bonds is 0. The summed E-state index contributed by atoms with van der Waals surface area (Å²) in [7, 11) is 0. The van der Waals surface area contributed by atoms with Crippen molar-refractivity contribution in [3.05, 3.63) is 70.8 Å². The van der Waals surface area contributed by atoms with E-state index in [1.165, 1.54) is 12.8 Å². The van der Waals surface area contributed by atoms with Gasteiger partial charge in [-0.2, -0.15) is 0 Å². The van der Waals surface area contributed by atoms with E-state index in [2.05, 4.69) is 48.5 Å². The van der Waals surface area contributed by atoms with E-state index in [0.29, 0.717) is 11.8 Å². The van der Waals surface area contributed by atoms with Crippen LogP contribution in [0.3, 0.4) is 0 Å². The standard InChI is InChI=1S/C18H16/c1-2-6-12-11(5-1)17-13-7-3-4-8-14(13)18(12)16-10-9-15(16)17/h1-8,15-18H,9-10H2/t15-,16+,17?,18?. The van der Waals surface area contributed by atoms with E-state index >= 15 is 0 Å². The monoisotopic (exact) mass is 232 g/mol. The molecule has 0 saturated heterocycles. The van der Waals surface area contributed by atoms with Crippen LogP contribution in [0.2, 0.25) is 0 Å². The lowest BCUT2D eigenvalue weighted by molar-refractivity contribution is 0.106. The Hall–Kier alpha value is -1.56. The van der Waals surface area contributed by atoms with Crippen LogP contribution in [-0.2, 0) is 0 Å². The van der Waals surface area contributed by atoms with Gasteiger partial charge in [0.05, 0.1) is 0 Å². The first-order valence-electron chi connectivity index (χ1n) is 7.13. The van der Waals surface area contributed by atoms with Gasteiger partial charge in [0.1, 0.15) is 0 Å². The van der Waals surface area contributed by atoms with Crippen molar-refractivity contribution in [3.8, 4) is 0 Å². The highest BCUT2D eigenvalue weighted by atomic mass is 14.6. The lowest BCUT2D eigenvalue weighted by atomic mass is 9.47. The molecule has 2 atom stereocenters. The van der Waals surface area contributed by atoms with E-state index in [1.54, 1.807) is 22.3 Å². The fraction of sp³-hybridized carbons (Fsp3) is 0.333. The average Bonchev–Trinajstić information content (AvgIpc) is 2.40. The largest absolute Gasteiger partial charge is 0.0620 e. The molecule has 6 rings (SSSR count). The van der Waals surface area contributed by atoms with Crippen molar-refractivity contribution in [1.82, 2.24) is 0 Å². The fourth-order valence-corrected chi connectivity index (χ4v) is 4.79. The van der Waals surface area contributed by atoms with Gasteiger partial charge in [0.2, 0.25) is 0 Å². The Morgan fingerprint density at radius 2 is 0.889 bits per heavy atom.